The Kier molecular flexibility index (Phi) is 9.11. The molecule has 6 heteroatoms. The molecule has 1 amide bonds. The fourth-order valence-electron chi connectivity index (χ4n) is 2.99. The number of nitrogens with one attached hydrogen (secondary N) is 1. The van der Waals surface area contributed by atoms with Crippen molar-refractivity contribution in [2.24, 2.45) is 5.16 Å². The third kappa shape index (κ3) is 6.34. The van der Waals surface area contributed by atoms with Crippen LogP contribution in [0.4, 0.5) is 4.39 Å². The Bertz CT molecular complexity index is 1020. The van der Waals surface area contributed by atoms with Gasteiger partial charge in [0, 0.05) is 11.1 Å². The lowest BCUT2D eigenvalue weighted by atomic mass is 9.88. The molecule has 3 aromatic rings. The van der Waals surface area contributed by atoms with Crippen LogP contribution in [-0.4, -0.2) is 25.1 Å². The molecule has 5 nitrogen and oxygen atoms in total. The SMILES string of the molecule is CC.CO/N=C/NC(=O)C(c1ccc(F)cc1)c1cccc(C(=O)c2ccccc2)c1. The zero-order valence-electron chi connectivity index (χ0n) is 17.7. The highest BCUT2D eigenvalue weighted by Gasteiger charge is 2.23. The molecule has 0 heterocycles. The fourth-order valence-corrected chi connectivity index (χ4v) is 2.99. The predicted molar refractivity (Wildman–Crippen MR) is 120 cm³/mol. The Morgan fingerprint density at radius 1 is 0.903 bits per heavy atom. The minimum atomic E-state index is -0.762. The van der Waals surface area contributed by atoms with Crippen LogP contribution in [0.15, 0.2) is 84.0 Å². The van der Waals surface area contributed by atoms with Crippen LogP contribution in [0.2, 0.25) is 0 Å². The van der Waals surface area contributed by atoms with Crippen molar-refractivity contribution in [3.63, 3.8) is 0 Å². The molecule has 0 saturated carbocycles. The lowest BCUT2D eigenvalue weighted by molar-refractivity contribution is -0.120. The standard InChI is InChI=1S/C23H19FN2O3.C2H6/c1-29-26-15-25-23(28)21(16-10-12-20(24)13-11-16)18-8-5-9-19(14-18)22(27)17-6-3-2-4-7-17;1-2/h2-15,21H,1H3,(H,25,26,28);1-2H3. The van der Waals surface area contributed by atoms with E-state index in [0.717, 1.165) is 6.34 Å². The number of hydrogen-bond acceptors (Lipinski definition) is 4. The number of halogens is 1. The smallest absolute Gasteiger partial charge is 0.237 e. The number of amides is 1. The maximum absolute atomic E-state index is 13.4. The minimum Gasteiger partial charge on any atom is -0.398 e. The summed E-state index contributed by atoms with van der Waals surface area (Å²) in [6, 6.07) is 21.4. The first-order valence-electron chi connectivity index (χ1n) is 9.90. The van der Waals surface area contributed by atoms with Gasteiger partial charge in [-0.15, -0.1) is 0 Å². The molecule has 0 aromatic heterocycles. The summed E-state index contributed by atoms with van der Waals surface area (Å²) in [7, 11) is 1.36. The number of oxime groups is 1. The predicted octanol–water partition coefficient (Wildman–Crippen LogP) is 4.92. The summed E-state index contributed by atoms with van der Waals surface area (Å²) >= 11 is 0. The van der Waals surface area contributed by atoms with Gasteiger partial charge in [0.05, 0.1) is 5.92 Å². The van der Waals surface area contributed by atoms with Crippen molar-refractivity contribution in [1.82, 2.24) is 5.32 Å². The third-order valence-electron chi connectivity index (χ3n) is 4.35. The summed E-state index contributed by atoms with van der Waals surface area (Å²) in [4.78, 5) is 30.2. The number of rotatable bonds is 7. The van der Waals surface area contributed by atoms with Gasteiger partial charge in [-0.05, 0) is 29.3 Å². The largest absolute Gasteiger partial charge is 0.398 e. The Balaban J connectivity index is 0.00000166. The molecule has 0 radical (unpaired) electrons. The topological polar surface area (TPSA) is 67.8 Å². The summed E-state index contributed by atoms with van der Waals surface area (Å²) in [5.41, 5.74) is 2.19. The molecule has 0 aliphatic heterocycles. The molecule has 1 N–H and O–H groups in total. The van der Waals surface area contributed by atoms with Crippen molar-refractivity contribution < 1.29 is 18.8 Å². The first-order chi connectivity index (χ1) is 15.1. The van der Waals surface area contributed by atoms with Gasteiger partial charge >= 0.3 is 0 Å². The van der Waals surface area contributed by atoms with E-state index in [4.69, 9.17) is 0 Å². The molecule has 1 atom stereocenters. The second-order valence-electron chi connectivity index (χ2n) is 6.23. The van der Waals surface area contributed by atoms with Gasteiger partial charge < -0.3 is 10.2 Å². The van der Waals surface area contributed by atoms with Crippen LogP contribution in [0.5, 0.6) is 0 Å². The van der Waals surface area contributed by atoms with E-state index in [2.05, 4.69) is 15.3 Å². The van der Waals surface area contributed by atoms with Crippen LogP contribution >= 0.6 is 0 Å². The van der Waals surface area contributed by atoms with Crippen molar-refractivity contribution in [2.45, 2.75) is 19.8 Å². The summed E-state index contributed by atoms with van der Waals surface area (Å²) in [5, 5.41) is 6.05. The summed E-state index contributed by atoms with van der Waals surface area (Å²) < 4.78 is 13.4. The average Bonchev–Trinajstić information content (AvgIpc) is 2.82. The second-order valence-corrected chi connectivity index (χ2v) is 6.23. The van der Waals surface area contributed by atoms with Gasteiger partial charge in [0.25, 0.3) is 0 Å². The summed E-state index contributed by atoms with van der Waals surface area (Å²) in [5.74, 6) is -1.70. The van der Waals surface area contributed by atoms with Crippen LogP contribution in [0.25, 0.3) is 0 Å². The number of benzene rings is 3. The van der Waals surface area contributed by atoms with E-state index in [9.17, 15) is 14.0 Å². The maximum atomic E-state index is 13.4. The zero-order chi connectivity index (χ0) is 22.6. The van der Waals surface area contributed by atoms with Crippen LogP contribution in [0.1, 0.15) is 46.8 Å². The number of carbonyl (C=O) groups excluding carboxylic acids is 2. The molecule has 1 unspecified atom stereocenters. The highest BCUT2D eigenvalue weighted by Crippen LogP contribution is 2.26. The Labute approximate surface area is 181 Å². The molecule has 0 aliphatic carbocycles. The van der Waals surface area contributed by atoms with E-state index in [1.807, 2.05) is 19.9 Å². The fraction of sp³-hybridized carbons (Fsp3) is 0.160. The lowest BCUT2D eigenvalue weighted by Gasteiger charge is -2.17. The van der Waals surface area contributed by atoms with Gasteiger partial charge in [-0.1, -0.05) is 79.7 Å². The summed E-state index contributed by atoms with van der Waals surface area (Å²) in [6.45, 7) is 4.00. The monoisotopic (exact) mass is 420 g/mol. The van der Waals surface area contributed by atoms with Crippen LogP contribution in [0.3, 0.4) is 0 Å². The van der Waals surface area contributed by atoms with Crippen molar-refractivity contribution in [1.29, 1.82) is 0 Å². The van der Waals surface area contributed by atoms with E-state index in [-0.39, 0.29) is 11.7 Å². The highest BCUT2D eigenvalue weighted by atomic mass is 19.1. The Morgan fingerprint density at radius 2 is 1.55 bits per heavy atom. The average molecular weight is 420 g/mol. The normalized spacial score (nSPS) is 11.2. The molecule has 0 bridgehead atoms. The molecule has 0 aliphatic rings. The van der Waals surface area contributed by atoms with Gasteiger partial charge in [-0.2, -0.15) is 0 Å². The molecule has 3 aromatic carbocycles. The number of carbonyl (C=O) groups is 2. The van der Waals surface area contributed by atoms with Crippen LogP contribution in [0, 0.1) is 5.82 Å². The zero-order valence-corrected chi connectivity index (χ0v) is 17.7. The molecule has 160 valence electrons. The first-order valence-corrected chi connectivity index (χ1v) is 9.90. The Hall–Kier alpha value is -3.80. The molecule has 0 spiro atoms. The van der Waals surface area contributed by atoms with Gasteiger partial charge in [-0.3, -0.25) is 9.59 Å². The molecular formula is C25H25FN2O3. The lowest BCUT2D eigenvalue weighted by Crippen LogP contribution is -2.29. The van der Waals surface area contributed by atoms with Crippen molar-refractivity contribution in [2.75, 3.05) is 7.11 Å². The van der Waals surface area contributed by atoms with Crippen molar-refractivity contribution in [3.8, 4) is 0 Å². The van der Waals surface area contributed by atoms with Gasteiger partial charge in [0.15, 0.2) is 5.78 Å². The van der Waals surface area contributed by atoms with E-state index >= 15 is 0 Å². The van der Waals surface area contributed by atoms with Gasteiger partial charge in [0.1, 0.15) is 19.3 Å². The number of nitrogens with zero attached hydrogens (tertiary/aromatic N) is 1. The number of ketones is 1. The van der Waals surface area contributed by atoms with Crippen molar-refractivity contribution >= 4 is 18.0 Å². The quantitative estimate of drug-likeness (QED) is 0.255. The second kappa shape index (κ2) is 12.0. The minimum absolute atomic E-state index is 0.147. The van der Waals surface area contributed by atoms with Gasteiger partial charge in [0.2, 0.25) is 5.91 Å². The van der Waals surface area contributed by atoms with E-state index in [1.165, 1.54) is 19.2 Å². The third-order valence-corrected chi connectivity index (χ3v) is 4.35. The van der Waals surface area contributed by atoms with Crippen molar-refractivity contribution in [3.05, 3.63) is 107 Å². The molecule has 0 saturated heterocycles. The van der Waals surface area contributed by atoms with E-state index < -0.39 is 11.7 Å². The maximum Gasteiger partial charge on any atom is 0.237 e. The molecule has 31 heavy (non-hydrogen) atoms. The molecule has 0 fully saturated rings. The highest BCUT2D eigenvalue weighted by molar-refractivity contribution is 6.09. The molecule has 3 rings (SSSR count). The van der Waals surface area contributed by atoms with E-state index in [0.29, 0.717) is 22.3 Å². The Morgan fingerprint density at radius 3 is 2.19 bits per heavy atom. The van der Waals surface area contributed by atoms with Gasteiger partial charge in [-0.25, -0.2) is 4.39 Å². The van der Waals surface area contributed by atoms with Crippen LogP contribution < -0.4 is 5.32 Å². The van der Waals surface area contributed by atoms with Crippen LogP contribution in [-0.2, 0) is 9.63 Å². The summed E-state index contributed by atoms with van der Waals surface area (Å²) in [6.07, 6.45) is 1.14. The van der Waals surface area contributed by atoms with E-state index in [1.54, 1.807) is 60.7 Å². The molecular weight excluding hydrogens is 395 g/mol. The number of hydrogen-bond donors (Lipinski definition) is 1. The first kappa shape index (κ1) is 23.5.